The fraction of sp³-hybridized carbons (Fsp3) is 0.375. The summed E-state index contributed by atoms with van der Waals surface area (Å²) in [6, 6.07) is 0. The van der Waals surface area contributed by atoms with Gasteiger partial charge in [0.2, 0.25) is 5.95 Å². The fourth-order valence-electron chi connectivity index (χ4n) is 1.29. The zero-order valence-electron chi connectivity index (χ0n) is 8.27. The first-order valence-corrected chi connectivity index (χ1v) is 4.23. The zero-order valence-corrected chi connectivity index (χ0v) is 8.27. The van der Waals surface area contributed by atoms with Gasteiger partial charge in [0, 0.05) is 14.1 Å². The quantitative estimate of drug-likeness (QED) is 0.764. The number of nitrogens with zero attached hydrogens (tertiary/aromatic N) is 4. The first-order chi connectivity index (χ1) is 6.74. The van der Waals surface area contributed by atoms with E-state index in [4.69, 9.17) is 4.52 Å². The second kappa shape index (κ2) is 3.13. The lowest BCUT2D eigenvalue weighted by molar-refractivity contribution is 0.398. The molecule has 1 N–H and O–H groups in total. The molecule has 2 aromatic rings. The molecule has 74 valence electrons. The largest absolute Gasteiger partial charge is 0.361 e. The molecule has 2 heterocycles. The molecule has 0 saturated heterocycles. The molecule has 0 atom stereocenters. The van der Waals surface area contributed by atoms with Crippen molar-refractivity contribution in [2.24, 2.45) is 7.05 Å². The van der Waals surface area contributed by atoms with Crippen molar-refractivity contribution in [3.63, 3.8) is 0 Å². The van der Waals surface area contributed by atoms with Gasteiger partial charge in [0.25, 0.3) is 0 Å². The Balaban J connectivity index is 2.52. The van der Waals surface area contributed by atoms with Gasteiger partial charge in [-0.2, -0.15) is 0 Å². The fourth-order valence-corrected chi connectivity index (χ4v) is 1.29. The van der Waals surface area contributed by atoms with Crippen LogP contribution in [0.25, 0.3) is 11.4 Å². The first-order valence-electron chi connectivity index (χ1n) is 4.23. The lowest BCUT2D eigenvalue weighted by Crippen LogP contribution is -1.99. The molecule has 2 aromatic heterocycles. The highest BCUT2D eigenvalue weighted by molar-refractivity contribution is 5.57. The van der Waals surface area contributed by atoms with Gasteiger partial charge in [0.05, 0.1) is 11.8 Å². The summed E-state index contributed by atoms with van der Waals surface area (Å²) in [5.74, 6) is 2.19. The number of aromatic nitrogens is 4. The Morgan fingerprint density at radius 1 is 1.43 bits per heavy atom. The van der Waals surface area contributed by atoms with Gasteiger partial charge in [-0.1, -0.05) is 5.16 Å². The maximum atomic E-state index is 4.97. The summed E-state index contributed by atoms with van der Waals surface area (Å²) >= 11 is 0. The minimum atomic E-state index is 0.709. The Labute approximate surface area is 80.9 Å². The van der Waals surface area contributed by atoms with Gasteiger partial charge >= 0.3 is 0 Å². The zero-order chi connectivity index (χ0) is 10.1. The van der Waals surface area contributed by atoms with Gasteiger partial charge in [-0.25, -0.2) is 0 Å². The molecule has 0 aliphatic rings. The van der Waals surface area contributed by atoms with E-state index in [1.54, 1.807) is 13.2 Å². The SMILES string of the molecule is CNc1nnc(-c2cnoc2C)n1C. The van der Waals surface area contributed by atoms with E-state index in [9.17, 15) is 0 Å². The standard InChI is InChI=1S/C8H11N5O/c1-5-6(4-10-14-5)7-11-12-8(9-2)13(7)3/h4H,1-3H3,(H,9,12). The Bertz CT molecular complexity index is 444. The van der Waals surface area contributed by atoms with Crippen LogP contribution in [0.4, 0.5) is 5.95 Å². The minimum Gasteiger partial charge on any atom is -0.361 e. The van der Waals surface area contributed by atoms with E-state index in [0.29, 0.717) is 5.95 Å². The Hall–Kier alpha value is -1.85. The van der Waals surface area contributed by atoms with Gasteiger partial charge < -0.3 is 9.84 Å². The molecule has 0 saturated carbocycles. The number of hydrogen-bond donors (Lipinski definition) is 1. The summed E-state index contributed by atoms with van der Waals surface area (Å²) < 4.78 is 6.81. The summed E-state index contributed by atoms with van der Waals surface area (Å²) in [7, 11) is 3.68. The number of aryl methyl sites for hydroxylation is 1. The lowest BCUT2D eigenvalue weighted by Gasteiger charge is -2.00. The van der Waals surface area contributed by atoms with Crippen LogP contribution in [0.3, 0.4) is 0 Å². The van der Waals surface area contributed by atoms with E-state index in [1.807, 2.05) is 18.5 Å². The topological polar surface area (TPSA) is 68.8 Å². The molecular weight excluding hydrogens is 182 g/mol. The molecule has 0 aliphatic carbocycles. The average molecular weight is 193 g/mol. The van der Waals surface area contributed by atoms with Crippen LogP contribution in [-0.4, -0.2) is 27.0 Å². The lowest BCUT2D eigenvalue weighted by atomic mass is 10.2. The molecule has 0 radical (unpaired) electrons. The monoisotopic (exact) mass is 193 g/mol. The molecule has 0 amide bonds. The molecule has 0 fully saturated rings. The predicted octanol–water partition coefficient (Wildman–Crippen LogP) is 0.820. The van der Waals surface area contributed by atoms with Crippen LogP contribution in [0.1, 0.15) is 5.76 Å². The van der Waals surface area contributed by atoms with Crippen LogP contribution >= 0.6 is 0 Å². The first kappa shape index (κ1) is 8.74. The van der Waals surface area contributed by atoms with E-state index in [2.05, 4.69) is 20.7 Å². The van der Waals surface area contributed by atoms with Crippen molar-refractivity contribution in [3.05, 3.63) is 12.0 Å². The molecule has 6 heteroatoms. The summed E-state index contributed by atoms with van der Waals surface area (Å²) in [6.45, 7) is 1.84. The van der Waals surface area contributed by atoms with Crippen LogP contribution in [0.2, 0.25) is 0 Å². The molecular formula is C8H11N5O. The van der Waals surface area contributed by atoms with Gasteiger partial charge in [0.1, 0.15) is 5.76 Å². The second-order valence-corrected chi connectivity index (χ2v) is 2.95. The molecule has 14 heavy (non-hydrogen) atoms. The maximum absolute atomic E-state index is 4.97. The highest BCUT2D eigenvalue weighted by Gasteiger charge is 2.14. The molecule has 2 rings (SSSR count). The van der Waals surface area contributed by atoms with Crippen molar-refractivity contribution >= 4 is 5.95 Å². The number of nitrogens with one attached hydrogen (secondary N) is 1. The highest BCUT2D eigenvalue weighted by atomic mass is 16.5. The summed E-state index contributed by atoms with van der Waals surface area (Å²) in [5, 5.41) is 14.6. The van der Waals surface area contributed by atoms with Crippen molar-refractivity contribution in [2.45, 2.75) is 6.92 Å². The second-order valence-electron chi connectivity index (χ2n) is 2.95. The molecule has 0 aromatic carbocycles. The summed E-state index contributed by atoms with van der Waals surface area (Å²) in [6.07, 6.45) is 1.64. The van der Waals surface area contributed by atoms with Crippen LogP contribution < -0.4 is 5.32 Å². The van der Waals surface area contributed by atoms with E-state index >= 15 is 0 Å². The normalized spacial score (nSPS) is 10.5. The minimum absolute atomic E-state index is 0.709. The van der Waals surface area contributed by atoms with Crippen molar-refractivity contribution in [2.75, 3.05) is 12.4 Å². The Kier molecular flexibility index (Phi) is 1.95. The third kappa shape index (κ3) is 1.15. The smallest absolute Gasteiger partial charge is 0.224 e. The molecule has 0 spiro atoms. The summed E-state index contributed by atoms with van der Waals surface area (Å²) in [5.41, 5.74) is 0.863. The number of rotatable bonds is 2. The Morgan fingerprint density at radius 3 is 2.71 bits per heavy atom. The molecule has 0 bridgehead atoms. The number of hydrogen-bond acceptors (Lipinski definition) is 5. The van der Waals surface area contributed by atoms with Crippen molar-refractivity contribution in [1.82, 2.24) is 19.9 Å². The molecule has 0 aliphatic heterocycles. The van der Waals surface area contributed by atoms with Gasteiger partial charge in [-0.05, 0) is 6.92 Å². The van der Waals surface area contributed by atoms with Crippen molar-refractivity contribution in [3.8, 4) is 11.4 Å². The van der Waals surface area contributed by atoms with Gasteiger partial charge in [0.15, 0.2) is 5.82 Å². The highest BCUT2D eigenvalue weighted by Crippen LogP contribution is 2.21. The van der Waals surface area contributed by atoms with Crippen molar-refractivity contribution < 1.29 is 4.52 Å². The van der Waals surface area contributed by atoms with Crippen LogP contribution in [0, 0.1) is 6.92 Å². The van der Waals surface area contributed by atoms with E-state index in [1.165, 1.54) is 0 Å². The number of anilines is 1. The maximum Gasteiger partial charge on any atom is 0.224 e. The van der Waals surface area contributed by atoms with Crippen LogP contribution in [0.5, 0.6) is 0 Å². The third-order valence-electron chi connectivity index (χ3n) is 2.09. The Morgan fingerprint density at radius 2 is 2.21 bits per heavy atom. The van der Waals surface area contributed by atoms with Crippen LogP contribution in [0.15, 0.2) is 10.7 Å². The summed E-state index contributed by atoms with van der Waals surface area (Å²) in [4.78, 5) is 0. The van der Waals surface area contributed by atoms with Crippen molar-refractivity contribution in [1.29, 1.82) is 0 Å². The average Bonchev–Trinajstić information content (AvgIpc) is 2.72. The van der Waals surface area contributed by atoms with E-state index < -0.39 is 0 Å². The molecule has 6 nitrogen and oxygen atoms in total. The molecule has 0 unspecified atom stereocenters. The van der Waals surface area contributed by atoms with E-state index in [-0.39, 0.29) is 0 Å². The van der Waals surface area contributed by atoms with Gasteiger partial charge in [-0.3, -0.25) is 4.57 Å². The third-order valence-corrected chi connectivity index (χ3v) is 2.09. The van der Waals surface area contributed by atoms with Crippen LogP contribution in [-0.2, 0) is 7.05 Å². The predicted molar refractivity (Wildman–Crippen MR) is 50.8 cm³/mol. The van der Waals surface area contributed by atoms with Gasteiger partial charge in [-0.15, -0.1) is 10.2 Å². The van der Waals surface area contributed by atoms with E-state index in [0.717, 1.165) is 17.1 Å².